The Bertz CT molecular complexity index is 1040. The highest BCUT2D eigenvalue weighted by Crippen LogP contribution is 2.10. The average molecular weight is 317 g/mol. The summed E-state index contributed by atoms with van der Waals surface area (Å²) in [5, 5.41) is 8.21. The topological polar surface area (TPSA) is 75.6 Å². The molecular weight excluding hydrogens is 302 g/mol. The molecule has 0 aliphatic rings. The molecule has 2 heterocycles. The molecule has 0 bridgehead atoms. The van der Waals surface area contributed by atoms with Crippen molar-refractivity contribution in [2.75, 3.05) is 5.32 Å². The molecule has 0 spiro atoms. The molecule has 0 unspecified atom stereocenters. The van der Waals surface area contributed by atoms with Crippen molar-refractivity contribution in [1.29, 1.82) is 0 Å². The zero-order valence-electron chi connectivity index (χ0n) is 12.8. The minimum Gasteiger partial charge on any atom is -0.350 e. The first-order valence-electron chi connectivity index (χ1n) is 7.62. The Hall–Kier alpha value is -3.41. The van der Waals surface area contributed by atoms with Gasteiger partial charge in [-0.05, 0) is 30.3 Å². The van der Waals surface area contributed by atoms with Crippen molar-refractivity contribution < 1.29 is 0 Å². The quantitative estimate of drug-likeness (QED) is 0.607. The summed E-state index contributed by atoms with van der Waals surface area (Å²) in [6.45, 7) is 0.473. The lowest BCUT2D eigenvalue weighted by atomic mass is 10.2. The second kappa shape index (κ2) is 6.00. The zero-order valence-corrected chi connectivity index (χ0v) is 12.8. The number of aromatic nitrogens is 4. The van der Waals surface area contributed by atoms with Crippen LogP contribution in [0.1, 0.15) is 5.69 Å². The molecule has 2 aromatic heterocycles. The van der Waals surface area contributed by atoms with E-state index < -0.39 is 0 Å². The lowest BCUT2D eigenvalue weighted by Crippen LogP contribution is -2.13. The van der Waals surface area contributed by atoms with Gasteiger partial charge in [0.05, 0.1) is 28.8 Å². The van der Waals surface area contributed by atoms with Crippen LogP contribution in [0.25, 0.3) is 16.6 Å². The molecule has 0 saturated heterocycles. The summed E-state index contributed by atoms with van der Waals surface area (Å²) in [5.74, 6) is 0.438. The van der Waals surface area contributed by atoms with Gasteiger partial charge in [-0.25, -0.2) is 9.67 Å². The van der Waals surface area contributed by atoms with Gasteiger partial charge < -0.3 is 5.32 Å². The molecule has 118 valence electrons. The lowest BCUT2D eigenvalue weighted by Gasteiger charge is -2.05. The molecule has 2 N–H and O–H groups in total. The Kier molecular flexibility index (Phi) is 3.55. The van der Waals surface area contributed by atoms with E-state index in [1.165, 1.54) is 0 Å². The Labute approximate surface area is 137 Å². The van der Waals surface area contributed by atoms with Gasteiger partial charge in [0.25, 0.3) is 5.56 Å². The second-order valence-electron chi connectivity index (χ2n) is 5.37. The van der Waals surface area contributed by atoms with Crippen LogP contribution in [-0.2, 0) is 6.54 Å². The fraction of sp³-hybridized carbons (Fsp3) is 0.0556. The third kappa shape index (κ3) is 2.77. The molecule has 0 atom stereocenters. The Morgan fingerprint density at radius 2 is 1.79 bits per heavy atom. The van der Waals surface area contributed by atoms with Crippen LogP contribution in [-0.4, -0.2) is 19.7 Å². The number of nitrogens with zero attached hydrogens (tertiary/aromatic N) is 3. The summed E-state index contributed by atoms with van der Waals surface area (Å²) in [5.41, 5.74) is 2.37. The summed E-state index contributed by atoms with van der Waals surface area (Å²) in [6, 6.07) is 19.1. The van der Waals surface area contributed by atoms with Crippen molar-refractivity contribution >= 4 is 16.9 Å². The van der Waals surface area contributed by atoms with E-state index in [4.69, 9.17) is 0 Å². The monoisotopic (exact) mass is 317 g/mol. The van der Waals surface area contributed by atoms with Crippen molar-refractivity contribution in [3.8, 4) is 5.69 Å². The first kappa shape index (κ1) is 14.2. The van der Waals surface area contributed by atoms with Crippen LogP contribution in [0.2, 0.25) is 0 Å². The number of rotatable bonds is 4. The largest absolute Gasteiger partial charge is 0.350 e. The van der Waals surface area contributed by atoms with Gasteiger partial charge in [0.1, 0.15) is 0 Å². The minimum absolute atomic E-state index is 0.155. The van der Waals surface area contributed by atoms with E-state index >= 15 is 0 Å². The summed E-state index contributed by atoms with van der Waals surface area (Å²) in [6.07, 6.45) is 1.91. The van der Waals surface area contributed by atoms with E-state index in [2.05, 4.69) is 20.4 Å². The predicted octanol–water partition coefficient (Wildman–Crippen LogP) is 2.72. The summed E-state index contributed by atoms with van der Waals surface area (Å²) < 4.78 is 1.81. The molecule has 0 aliphatic carbocycles. The molecule has 0 fully saturated rings. The molecule has 2 aromatic carbocycles. The van der Waals surface area contributed by atoms with Gasteiger partial charge in [-0.2, -0.15) is 5.10 Å². The first-order chi connectivity index (χ1) is 11.8. The molecule has 0 amide bonds. The third-order valence-electron chi connectivity index (χ3n) is 3.71. The van der Waals surface area contributed by atoms with Crippen LogP contribution in [0.4, 0.5) is 5.95 Å². The van der Waals surface area contributed by atoms with Gasteiger partial charge in [-0.3, -0.25) is 9.78 Å². The SMILES string of the molecule is O=c1[nH]c(NCc2ccn(-c3ccccc3)n2)nc2ccccc12. The average Bonchev–Trinajstić information content (AvgIpc) is 3.10. The van der Waals surface area contributed by atoms with Gasteiger partial charge in [0.15, 0.2) is 0 Å². The summed E-state index contributed by atoms with van der Waals surface area (Å²) in [7, 11) is 0. The number of H-pyrrole nitrogens is 1. The van der Waals surface area contributed by atoms with Crippen LogP contribution in [0.5, 0.6) is 0 Å². The first-order valence-corrected chi connectivity index (χ1v) is 7.62. The molecule has 4 rings (SSSR count). The van der Waals surface area contributed by atoms with E-state index in [0.717, 1.165) is 11.4 Å². The highest BCUT2D eigenvalue weighted by molar-refractivity contribution is 5.78. The van der Waals surface area contributed by atoms with Crippen molar-refractivity contribution in [2.24, 2.45) is 0 Å². The van der Waals surface area contributed by atoms with Crippen LogP contribution in [0, 0.1) is 0 Å². The third-order valence-corrected chi connectivity index (χ3v) is 3.71. The second-order valence-corrected chi connectivity index (χ2v) is 5.37. The zero-order chi connectivity index (χ0) is 16.4. The van der Waals surface area contributed by atoms with E-state index in [9.17, 15) is 4.79 Å². The van der Waals surface area contributed by atoms with Gasteiger partial charge in [-0.1, -0.05) is 30.3 Å². The number of hydrogen-bond donors (Lipinski definition) is 2. The van der Waals surface area contributed by atoms with Crippen LogP contribution in [0.3, 0.4) is 0 Å². The Balaban J connectivity index is 1.53. The van der Waals surface area contributed by atoms with Gasteiger partial charge in [0, 0.05) is 6.20 Å². The molecule has 24 heavy (non-hydrogen) atoms. The maximum atomic E-state index is 12.0. The summed E-state index contributed by atoms with van der Waals surface area (Å²) in [4.78, 5) is 19.2. The lowest BCUT2D eigenvalue weighted by molar-refractivity contribution is 0.841. The maximum Gasteiger partial charge on any atom is 0.260 e. The summed E-state index contributed by atoms with van der Waals surface area (Å²) >= 11 is 0. The number of para-hydroxylation sites is 2. The highest BCUT2D eigenvalue weighted by atomic mass is 16.1. The van der Waals surface area contributed by atoms with Crippen molar-refractivity contribution in [3.63, 3.8) is 0 Å². The molecule has 0 saturated carbocycles. The van der Waals surface area contributed by atoms with E-state index in [1.54, 1.807) is 6.07 Å². The van der Waals surface area contributed by atoms with Crippen LogP contribution in [0.15, 0.2) is 71.7 Å². The van der Waals surface area contributed by atoms with Gasteiger partial charge in [0.2, 0.25) is 5.95 Å². The number of anilines is 1. The van der Waals surface area contributed by atoms with Crippen molar-refractivity contribution in [1.82, 2.24) is 19.7 Å². The standard InChI is InChI=1S/C18H15N5O/c24-17-15-8-4-5-9-16(15)20-18(21-17)19-12-13-10-11-23(22-13)14-6-2-1-3-7-14/h1-11H,12H2,(H2,19,20,21,24). The fourth-order valence-electron chi connectivity index (χ4n) is 2.52. The highest BCUT2D eigenvalue weighted by Gasteiger charge is 2.05. The van der Waals surface area contributed by atoms with Crippen LogP contribution < -0.4 is 10.9 Å². The van der Waals surface area contributed by atoms with Gasteiger partial charge in [-0.15, -0.1) is 0 Å². The van der Waals surface area contributed by atoms with E-state index in [-0.39, 0.29) is 5.56 Å². The maximum absolute atomic E-state index is 12.0. The number of aromatic amines is 1. The van der Waals surface area contributed by atoms with Gasteiger partial charge >= 0.3 is 0 Å². The molecule has 0 radical (unpaired) electrons. The Morgan fingerprint density at radius 3 is 2.67 bits per heavy atom. The molecule has 6 nitrogen and oxygen atoms in total. The normalized spacial score (nSPS) is 10.8. The van der Waals surface area contributed by atoms with E-state index in [1.807, 2.05) is 65.5 Å². The molecule has 0 aliphatic heterocycles. The molecular formula is C18H15N5O. The minimum atomic E-state index is -0.155. The number of benzene rings is 2. The van der Waals surface area contributed by atoms with Crippen LogP contribution >= 0.6 is 0 Å². The number of hydrogen-bond acceptors (Lipinski definition) is 4. The predicted molar refractivity (Wildman–Crippen MR) is 93.3 cm³/mol. The number of fused-ring (bicyclic) bond motifs is 1. The van der Waals surface area contributed by atoms with E-state index in [0.29, 0.717) is 23.4 Å². The number of nitrogens with one attached hydrogen (secondary N) is 2. The Morgan fingerprint density at radius 1 is 1.00 bits per heavy atom. The molecule has 6 heteroatoms. The fourth-order valence-corrected chi connectivity index (χ4v) is 2.52. The molecule has 4 aromatic rings. The van der Waals surface area contributed by atoms with Crippen molar-refractivity contribution in [2.45, 2.75) is 6.54 Å². The smallest absolute Gasteiger partial charge is 0.260 e. The van der Waals surface area contributed by atoms with Crippen molar-refractivity contribution in [3.05, 3.63) is 82.9 Å².